The number of imidazole rings is 1. The monoisotopic (exact) mass is 379 g/mol. The number of nitrogens with zero attached hydrogens (tertiary/aromatic N) is 2. The molecule has 28 heavy (non-hydrogen) atoms. The van der Waals surface area contributed by atoms with Gasteiger partial charge in [0.1, 0.15) is 5.82 Å². The van der Waals surface area contributed by atoms with E-state index in [0.717, 1.165) is 22.4 Å². The van der Waals surface area contributed by atoms with Crippen molar-refractivity contribution in [2.24, 2.45) is 18.7 Å². The minimum atomic E-state index is -0.625. The van der Waals surface area contributed by atoms with E-state index in [1.807, 2.05) is 74.0 Å². The number of para-hydroxylation sites is 2. The first-order chi connectivity index (χ1) is 13.4. The predicted octanol–water partition coefficient (Wildman–Crippen LogP) is 2.28. The summed E-state index contributed by atoms with van der Waals surface area (Å²) in [5.41, 5.74) is 9.36. The van der Waals surface area contributed by atoms with Crippen LogP contribution in [-0.2, 0) is 16.6 Å². The van der Waals surface area contributed by atoms with Crippen molar-refractivity contribution in [3.05, 3.63) is 48.5 Å². The van der Waals surface area contributed by atoms with Crippen LogP contribution in [0.5, 0.6) is 0 Å². The van der Waals surface area contributed by atoms with Gasteiger partial charge in [-0.05, 0) is 42.3 Å². The summed E-state index contributed by atoms with van der Waals surface area (Å²) in [7, 11) is 1.98. The van der Waals surface area contributed by atoms with Crippen LogP contribution in [0, 0.1) is 5.92 Å². The Balaban J connectivity index is 1.63. The topological polar surface area (TPSA) is 102 Å². The average molecular weight is 379 g/mol. The third-order valence-electron chi connectivity index (χ3n) is 4.66. The maximum Gasteiger partial charge on any atom is 0.243 e. The number of hydrogen-bond acceptors (Lipinski definition) is 4. The van der Waals surface area contributed by atoms with Gasteiger partial charge in [-0.3, -0.25) is 9.59 Å². The fourth-order valence-electron chi connectivity index (χ4n) is 2.90. The summed E-state index contributed by atoms with van der Waals surface area (Å²) in [6, 6.07) is 14.8. The number of aryl methyl sites for hydroxylation is 1. The summed E-state index contributed by atoms with van der Waals surface area (Å²) in [5.74, 6) is 0.231. The van der Waals surface area contributed by atoms with E-state index in [4.69, 9.17) is 5.73 Å². The summed E-state index contributed by atoms with van der Waals surface area (Å²) in [6.07, 6.45) is 0. The number of carbonyl (C=O) groups is 2. The maximum absolute atomic E-state index is 12.1. The Morgan fingerprint density at radius 1 is 1.11 bits per heavy atom. The number of hydrogen-bond donors (Lipinski definition) is 3. The molecule has 1 aromatic heterocycles. The molecule has 2 aromatic carbocycles. The molecule has 3 rings (SSSR count). The van der Waals surface area contributed by atoms with Crippen molar-refractivity contribution in [2.75, 3.05) is 11.9 Å². The molecule has 0 saturated carbocycles. The Morgan fingerprint density at radius 2 is 1.79 bits per heavy atom. The second-order valence-corrected chi connectivity index (χ2v) is 7.10. The highest BCUT2D eigenvalue weighted by Crippen LogP contribution is 2.24. The second-order valence-electron chi connectivity index (χ2n) is 7.10. The standard InChI is InChI=1S/C21H25N5O2/c1-13(2)19(22)21(28)23-12-18(27)24-15-10-8-14(9-11-15)20-25-16-6-4-5-7-17(16)26(20)3/h4-11,13,19H,12,22H2,1-3H3,(H,23,28)(H,24,27)/t19-/m0/s1. The SMILES string of the molecule is CC(C)[C@H](N)C(=O)NCC(=O)Nc1ccc(-c2nc3ccccc3n2C)cc1. The fraction of sp³-hybridized carbons (Fsp3) is 0.286. The lowest BCUT2D eigenvalue weighted by atomic mass is 10.1. The molecule has 1 atom stereocenters. The predicted molar refractivity (Wildman–Crippen MR) is 111 cm³/mol. The Kier molecular flexibility index (Phi) is 5.75. The largest absolute Gasteiger partial charge is 0.346 e. The number of amides is 2. The van der Waals surface area contributed by atoms with Gasteiger partial charge in [0, 0.05) is 18.3 Å². The van der Waals surface area contributed by atoms with Crippen molar-refractivity contribution in [3.8, 4) is 11.4 Å². The Bertz CT molecular complexity index is 992. The van der Waals surface area contributed by atoms with Crippen LogP contribution in [0.4, 0.5) is 5.69 Å². The minimum absolute atomic E-state index is 0.0124. The summed E-state index contributed by atoms with van der Waals surface area (Å²) in [6.45, 7) is 3.60. The number of benzene rings is 2. The van der Waals surface area contributed by atoms with E-state index in [0.29, 0.717) is 5.69 Å². The van der Waals surface area contributed by atoms with Crippen molar-refractivity contribution in [1.29, 1.82) is 0 Å². The van der Waals surface area contributed by atoms with Crippen molar-refractivity contribution in [2.45, 2.75) is 19.9 Å². The lowest BCUT2D eigenvalue weighted by molar-refractivity contribution is -0.125. The minimum Gasteiger partial charge on any atom is -0.346 e. The number of nitrogens with one attached hydrogen (secondary N) is 2. The Labute approximate surface area is 163 Å². The molecule has 0 saturated heterocycles. The summed E-state index contributed by atoms with van der Waals surface area (Å²) < 4.78 is 2.04. The van der Waals surface area contributed by atoms with E-state index in [1.54, 1.807) is 0 Å². The molecule has 146 valence electrons. The van der Waals surface area contributed by atoms with E-state index in [9.17, 15) is 9.59 Å². The molecular formula is C21H25N5O2. The zero-order valence-electron chi connectivity index (χ0n) is 16.3. The number of carbonyl (C=O) groups excluding carboxylic acids is 2. The third kappa shape index (κ3) is 4.20. The van der Waals surface area contributed by atoms with Crippen LogP contribution < -0.4 is 16.4 Å². The molecule has 0 aliphatic rings. The molecule has 0 spiro atoms. The van der Waals surface area contributed by atoms with Crippen molar-refractivity contribution >= 4 is 28.5 Å². The molecule has 0 bridgehead atoms. The summed E-state index contributed by atoms with van der Waals surface area (Å²) in [4.78, 5) is 28.5. The third-order valence-corrected chi connectivity index (χ3v) is 4.66. The second kappa shape index (κ2) is 8.22. The van der Waals surface area contributed by atoms with Crippen LogP contribution in [0.1, 0.15) is 13.8 Å². The van der Waals surface area contributed by atoms with Crippen LogP contribution in [0.25, 0.3) is 22.4 Å². The van der Waals surface area contributed by atoms with Gasteiger partial charge in [0.2, 0.25) is 11.8 Å². The van der Waals surface area contributed by atoms with Gasteiger partial charge in [0.05, 0.1) is 23.6 Å². The van der Waals surface area contributed by atoms with Crippen LogP contribution >= 0.6 is 0 Å². The molecule has 0 radical (unpaired) electrons. The van der Waals surface area contributed by atoms with Gasteiger partial charge in [0.15, 0.2) is 0 Å². The normalized spacial score (nSPS) is 12.2. The molecule has 0 fully saturated rings. The Hall–Kier alpha value is -3.19. The first-order valence-electron chi connectivity index (χ1n) is 9.22. The van der Waals surface area contributed by atoms with Gasteiger partial charge in [-0.2, -0.15) is 0 Å². The first kappa shape index (κ1) is 19.6. The van der Waals surface area contributed by atoms with E-state index < -0.39 is 6.04 Å². The molecule has 2 amide bonds. The molecule has 0 aliphatic heterocycles. The van der Waals surface area contributed by atoms with E-state index in [2.05, 4.69) is 15.6 Å². The maximum atomic E-state index is 12.1. The lowest BCUT2D eigenvalue weighted by Crippen LogP contribution is -2.46. The fourth-order valence-corrected chi connectivity index (χ4v) is 2.90. The summed E-state index contributed by atoms with van der Waals surface area (Å²) >= 11 is 0. The zero-order valence-corrected chi connectivity index (χ0v) is 16.3. The van der Waals surface area contributed by atoms with Gasteiger partial charge >= 0.3 is 0 Å². The highest BCUT2D eigenvalue weighted by atomic mass is 16.2. The highest BCUT2D eigenvalue weighted by Gasteiger charge is 2.17. The smallest absolute Gasteiger partial charge is 0.243 e. The van der Waals surface area contributed by atoms with E-state index in [-0.39, 0.29) is 24.3 Å². The molecule has 3 aromatic rings. The van der Waals surface area contributed by atoms with Crippen LogP contribution in [0.3, 0.4) is 0 Å². The molecule has 1 heterocycles. The lowest BCUT2D eigenvalue weighted by Gasteiger charge is -2.15. The first-order valence-corrected chi connectivity index (χ1v) is 9.22. The number of aromatic nitrogens is 2. The number of nitrogens with two attached hydrogens (primary N) is 1. The van der Waals surface area contributed by atoms with Crippen molar-refractivity contribution in [3.63, 3.8) is 0 Å². The van der Waals surface area contributed by atoms with Crippen LogP contribution in [-0.4, -0.2) is 34.0 Å². The van der Waals surface area contributed by atoms with Gasteiger partial charge in [-0.15, -0.1) is 0 Å². The van der Waals surface area contributed by atoms with E-state index >= 15 is 0 Å². The zero-order chi connectivity index (χ0) is 20.3. The molecule has 7 nitrogen and oxygen atoms in total. The van der Waals surface area contributed by atoms with Crippen molar-refractivity contribution < 1.29 is 9.59 Å². The number of fused-ring (bicyclic) bond motifs is 1. The molecule has 0 unspecified atom stereocenters. The number of rotatable bonds is 6. The Morgan fingerprint density at radius 3 is 2.43 bits per heavy atom. The molecule has 4 N–H and O–H groups in total. The van der Waals surface area contributed by atoms with Crippen LogP contribution in [0.2, 0.25) is 0 Å². The van der Waals surface area contributed by atoms with Gasteiger partial charge < -0.3 is 20.9 Å². The van der Waals surface area contributed by atoms with Gasteiger partial charge in [0.25, 0.3) is 0 Å². The average Bonchev–Trinajstić information content (AvgIpc) is 3.03. The summed E-state index contributed by atoms with van der Waals surface area (Å²) in [5, 5.41) is 5.32. The highest BCUT2D eigenvalue weighted by molar-refractivity contribution is 5.95. The van der Waals surface area contributed by atoms with Gasteiger partial charge in [-0.1, -0.05) is 26.0 Å². The van der Waals surface area contributed by atoms with Gasteiger partial charge in [-0.25, -0.2) is 4.98 Å². The van der Waals surface area contributed by atoms with E-state index in [1.165, 1.54) is 0 Å². The van der Waals surface area contributed by atoms with Crippen LogP contribution in [0.15, 0.2) is 48.5 Å². The quantitative estimate of drug-likeness (QED) is 0.611. The molecule has 0 aliphatic carbocycles. The molecular weight excluding hydrogens is 354 g/mol. The molecule has 7 heteroatoms. The number of anilines is 1. The van der Waals surface area contributed by atoms with Crippen molar-refractivity contribution in [1.82, 2.24) is 14.9 Å².